The van der Waals surface area contributed by atoms with Gasteiger partial charge in [-0.2, -0.15) is 0 Å². The minimum atomic E-state index is -1.79. The van der Waals surface area contributed by atoms with Crippen molar-refractivity contribution < 1.29 is 8.85 Å². The zero-order valence-electron chi connectivity index (χ0n) is 14.7. The number of halogens is 2. The third-order valence-corrected chi connectivity index (χ3v) is 5.64. The van der Waals surface area contributed by atoms with E-state index in [1.807, 2.05) is 18.2 Å². The van der Waals surface area contributed by atoms with Crippen molar-refractivity contribution in [2.45, 2.75) is 64.8 Å². The lowest BCUT2D eigenvalue weighted by atomic mass is 10.0. The number of benzene rings is 1. The fraction of sp³-hybridized carbons (Fsp3) is 0.625. The highest BCUT2D eigenvalue weighted by Crippen LogP contribution is 2.38. The molecular formula is C16H28Cl2O2Si2. The van der Waals surface area contributed by atoms with Crippen molar-refractivity contribution in [2.75, 3.05) is 0 Å². The summed E-state index contributed by atoms with van der Waals surface area (Å²) in [5.74, 6) is 0. The molecule has 0 saturated heterocycles. The van der Waals surface area contributed by atoms with Crippen LogP contribution in [0.4, 0.5) is 0 Å². The molecule has 2 nitrogen and oxygen atoms in total. The molecule has 0 aliphatic heterocycles. The lowest BCUT2D eigenvalue weighted by Crippen LogP contribution is -2.40. The average molecular weight is 379 g/mol. The standard InChI is InChI=1S/C16H28Cl2O2Si2/c1-8-14(19-21(2,3)4)16(20-22(5,6)7)15-12(17)10-9-11-13(15)18/h9-11,14,16H,8H2,1-7H3. The van der Waals surface area contributed by atoms with E-state index in [2.05, 4.69) is 46.2 Å². The van der Waals surface area contributed by atoms with E-state index >= 15 is 0 Å². The molecule has 0 radical (unpaired) electrons. The van der Waals surface area contributed by atoms with Gasteiger partial charge in [0.25, 0.3) is 0 Å². The van der Waals surface area contributed by atoms with Gasteiger partial charge in [-0.15, -0.1) is 0 Å². The summed E-state index contributed by atoms with van der Waals surface area (Å²) in [5, 5.41) is 1.29. The zero-order valence-corrected chi connectivity index (χ0v) is 18.2. The second kappa shape index (κ2) is 7.82. The molecule has 0 amide bonds. The Hall–Kier alpha value is 0.154. The van der Waals surface area contributed by atoms with Gasteiger partial charge in [0.2, 0.25) is 0 Å². The summed E-state index contributed by atoms with van der Waals surface area (Å²) < 4.78 is 12.8. The molecule has 0 fully saturated rings. The number of rotatable bonds is 7. The first kappa shape index (κ1) is 20.2. The molecule has 6 heteroatoms. The molecule has 2 unspecified atom stereocenters. The van der Waals surface area contributed by atoms with E-state index in [0.29, 0.717) is 10.0 Å². The highest BCUT2D eigenvalue weighted by Gasteiger charge is 2.34. The van der Waals surface area contributed by atoms with E-state index in [-0.39, 0.29) is 12.2 Å². The summed E-state index contributed by atoms with van der Waals surface area (Å²) in [4.78, 5) is 0. The van der Waals surface area contributed by atoms with Crippen LogP contribution < -0.4 is 0 Å². The summed E-state index contributed by atoms with van der Waals surface area (Å²) >= 11 is 12.9. The highest BCUT2D eigenvalue weighted by atomic mass is 35.5. The van der Waals surface area contributed by atoms with Gasteiger partial charge in [-0.25, -0.2) is 0 Å². The van der Waals surface area contributed by atoms with Crippen LogP contribution in [0, 0.1) is 0 Å². The molecular weight excluding hydrogens is 351 g/mol. The summed E-state index contributed by atoms with van der Waals surface area (Å²) in [6.07, 6.45) is 0.612. The molecule has 0 spiro atoms. The maximum Gasteiger partial charge on any atom is 0.184 e. The predicted molar refractivity (Wildman–Crippen MR) is 102 cm³/mol. The van der Waals surface area contributed by atoms with E-state index in [4.69, 9.17) is 32.1 Å². The Kier molecular flexibility index (Phi) is 7.18. The minimum Gasteiger partial charge on any atom is -0.412 e. The Labute approximate surface area is 147 Å². The molecule has 1 aromatic carbocycles. The first-order valence-corrected chi connectivity index (χ1v) is 15.3. The fourth-order valence-electron chi connectivity index (χ4n) is 2.30. The van der Waals surface area contributed by atoms with Crippen molar-refractivity contribution in [3.8, 4) is 0 Å². The Morgan fingerprint density at radius 1 is 0.909 bits per heavy atom. The van der Waals surface area contributed by atoms with Crippen LogP contribution in [-0.2, 0) is 8.85 Å². The van der Waals surface area contributed by atoms with E-state index in [1.165, 1.54) is 0 Å². The van der Waals surface area contributed by atoms with E-state index < -0.39 is 16.6 Å². The lowest BCUT2D eigenvalue weighted by Gasteiger charge is -2.36. The van der Waals surface area contributed by atoms with Crippen LogP contribution in [0.2, 0.25) is 49.3 Å². The molecule has 0 aromatic heterocycles. The molecule has 22 heavy (non-hydrogen) atoms. The molecule has 2 atom stereocenters. The second-order valence-electron chi connectivity index (χ2n) is 7.46. The van der Waals surface area contributed by atoms with Crippen molar-refractivity contribution in [2.24, 2.45) is 0 Å². The summed E-state index contributed by atoms with van der Waals surface area (Å²) in [6.45, 7) is 15.2. The van der Waals surface area contributed by atoms with Crippen molar-refractivity contribution in [3.05, 3.63) is 33.8 Å². The molecule has 0 saturated carbocycles. The van der Waals surface area contributed by atoms with Crippen LogP contribution in [0.1, 0.15) is 25.0 Å². The molecule has 0 bridgehead atoms. The van der Waals surface area contributed by atoms with Crippen molar-refractivity contribution in [3.63, 3.8) is 0 Å². The monoisotopic (exact) mass is 378 g/mol. The fourth-order valence-corrected chi connectivity index (χ4v) is 5.14. The van der Waals surface area contributed by atoms with Crippen LogP contribution in [0.25, 0.3) is 0 Å². The lowest BCUT2D eigenvalue weighted by molar-refractivity contribution is 0.0407. The maximum atomic E-state index is 6.45. The van der Waals surface area contributed by atoms with Gasteiger partial charge in [0.05, 0.1) is 12.2 Å². The third kappa shape index (κ3) is 6.34. The topological polar surface area (TPSA) is 18.5 Å². The third-order valence-electron chi connectivity index (χ3n) is 3.01. The van der Waals surface area contributed by atoms with Crippen molar-refractivity contribution >= 4 is 39.8 Å². The smallest absolute Gasteiger partial charge is 0.184 e. The van der Waals surface area contributed by atoms with Gasteiger partial charge in [-0.1, -0.05) is 36.2 Å². The first-order valence-electron chi connectivity index (χ1n) is 7.74. The largest absolute Gasteiger partial charge is 0.412 e. The Balaban J connectivity index is 3.28. The van der Waals surface area contributed by atoms with Crippen LogP contribution >= 0.6 is 23.2 Å². The van der Waals surface area contributed by atoms with Crippen molar-refractivity contribution in [1.29, 1.82) is 0 Å². The normalized spacial score (nSPS) is 15.7. The minimum absolute atomic E-state index is 0.0317. The Bertz CT molecular complexity index is 476. The number of hydrogen-bond donors (Lipinski definition) is 0. The van der Waals surface area contributed by atoms with Gasteiger partial charge in [0, 0.05) is 15.6 Å². The quantitative estimate of drug-likeness (QED) is 0.502. The maximum absolute atomic E-state index is 6.45. The first-order chi connectivity index (χ1) is 9.94. The summed E-state index contributed by atoms with van der Waals surface area (Å²) in [6, 6.07) is 5.59. The zero-order chi connectivity index (χ0) is 17.1. The molecule has 0 aliphatic rings. The van der Waals surface area contributed by atoms with Crippen LogP contribution in [-0.4, -0.2) is 22.7 Å². The van der Waals surface area contributed by atoms with Gasteiger partial charge in [0.1, 0.15) is 0 Å². The Morgan fingerprint density at radius 2 is 1.36 bits per heavy atom. The van der Waals surface area contributed by atoms with Crippen molar-refractivity contribution in [1.82, 2.24) is 0 Å². The van der Waals surface area contributed by atoms with Gasteiger partial charge in [-0.05, 0) is 57.8 Å². The molecule has 0 heterocycles. The summed E-state index contributed by atoms with van der Waals surface area (Å²) in [7, 11) is -3.48. The number of hydrogen-bond acceptors (Lipinski definition) is 2. The average Bonchev–Trinajstić information content (AvgIpc) is 2.32. The van der Waals surface area contributed by atoms with E-state index in [1.54, 1.807) is 0 Å². The van der Waals surface area contributed by atoms with Crippen LogP contribution in [0.15, 0.2) is 18.2 Å². The predicted octanol–water partition coefficient (Wildman–Crippen LogP) is 6.52. The Morgan fingerprint density at radius 3 is 1.73 bits per heavy atom. The van der Waals surface area contributed by atoms with Gasteiger partial charge < -0.3 is 8.85 Å². The van der Waals surface area contributed by atoms with Gasteiger partial charge in [0.15, 0.2) is 16.6 Å². The van der Waals surface area contributed by atoms with E-state index in [0.717, 1.165) is 12.0 Å². The molecule has 0 aliphatic carbocycles. The van der Waals surface area contributed by atoms with Gasteiger partial charge in [-0.3, -0.25) is 0 Å². The molecule has 1 rings (SSSR count). The van der Waals surface area contributed by atoms with Crippen LogP contribution in [0.5, 0.6) is 0 Å². The van der Waals surface area contributed by atoms with Crippen LogP contribution in [0.3, 0.4) is 0 Å². The molecule has 126 valence electrons. The van der Waals surface area contributed by atoms with Gasteiger partial charge >= 0.3 is 0 Å². The van der Waals surface area contributed by atoms with E-state index in [9.17, 15) is 0 Å². The SMILES string of the molecule is CCC(O[Si](C)(C)C)C(O[Si](C)(C)C)c1c(Cl)cccc1Cl. The molecule has 1 aromatic rings. The highest BCUT2D eigenvalue weighted by molar-refractivity contribution is 6.70. The second-order valence-corrected chi connectivity index (χ2v) is 17.2. The molecule has 0 N–H and O–H groups in total. The summed E-state index contributed by atoms with van der Waals surface area (Å²) in [5.41, 5.74) is 0.860.